The minimum Gasteiger partial charge on any atom is -0.481 e. The highest BCUT2D eigenvalue weighted by atomic mass is 79.9. The Labute approximate surface area is 119 Å². The predicted octanol–water partition coefficient (Wildman–Crippen LogP) is 2.76. The van der Waals surface area contributed by atoms with Crippen LogP contribution >= 0.6 is 15.9 Å². The van der Waals surface area contributed by atoms with Gasteiger partial charge in [-0.2, -0.15) is 0 Å². The van der Waals surface area contributed by atoms with Crippen molar-refractivity contribution in [2.45, 2.75) is 26.2 Å². The van der Waals surface area contributed by atoms with Crippen molar-refractivity contribution in [3.05, 3.63) is 22.6 Å². The van der Waals surface area contributed by atoms with Crippen LogP contribution in [0.15, 0.2) is 21.4 Å². The lowest BCUT2D eigenvalue weighted by molar-refractivity contribution is -0.152. The van der Waals surface area contributed by atoms with E-state index in [0.717, 1.165) is 0 Å². The second-order valence-electron chi connectivity index (χ2n) is 4.84. The average Bonchev–Trinajstić information content (AvgIpc) is 2.84. The van der Waals surface area contributed by atoms with Crippen molar-refractivity contribution in [3.63, 3.8) is 0 Å². The van der Waals surface area contributed by atoms with Gasteiger partial charge in [0.2, 0.25) is 0 Å². The summed E-state index contributed by atoms with van der Waals surface area (Å²) in [4.78, 5) is 25.3. The first kappa shape index (κ1) is 14.1. The molecule has 19 heavy (non-hydrogen) atoms. The molecule has 1 aliphatic heterocycles. The number of furan rings is 1. The molecule has 0 aromatic carbocycles. The van der Waals surface area contributed by atoms with E-state index in [0.29, 0.717) is 42.6 Å². The lowest BCUT2D eigenvalue weighted by atomic mass is 9.76. The zero-order valence-corrected chi connectivity index (χ0v) is 12.3. The first-order valence-electron chi connectivity index (χ1n) is 6.26. The second kappa shape index (κ2) is 5.36. The summed E-state index contributed by atoms with van der Waals surface area (Å²) in [6.07, 6.45) is 3.05. The third-order valence-electron chi connectivity index (χ3n) is 3.99. The van der Waals surface area contributed by atoms with Gasteiger partial charge in [0.05, 0.1) is 17.2 Å². The third kappa shape index (κ3) is 2.54. The van der Waals surface area contributed by atoms with Crippen LogP contribution in [-0.2, 0) is 4.79 Å². The highest BCUT2D eigenvalue weighted by Crippen LogP contribution is 2.35. The van der Waals surface area contributed by atoms with Gasteiger partial charge in [-0.1, -0.05) is 6.92 Å². The van der Waals surface area contributed by atoms with E-state index in [2.05, 4.69) is 15.9 Å². The minimum absolute atomic E-state index is 0.115. The Morgan fingerprint density at radius 2 is 2.11 bits per heavy atom. The van der Waals surface area contributed by atoms with Gasteiger partial charge in [-0.05, 0) is 41.3 Å². The number of hydrogen-bond acceptors (Lipinski definition) is 3. The van der Waals surface area contributed by atoms with Crippen LogP contribution in [0.5, 0.6) is 0 Å². The van der Waals surface area contributed by atoms with E-state index in [4.69, 9.17) is 4.42 Å². The summed E-state index contributed by atoms with van der Waals surface area (Å²) in [5, 5.41) is 9.32. The van der Waals surface area contributed by atoms with Gasteiger partial charge in [-0.15, -0.1) is 0 Å². The van der Waals surface area contributed by atoms with E-state index in [1.165, 1.54) is 6.26 Å². The summed E-state index contributed by atoms with van der Waals surface area (Å²) >= 11 is 3.18. The molecule has 0 atom stereocenters. The molecule has 1 fully saturated rings. The summed E-state index contributed by atoms with van der Waals surface area (Å²) in [5.41, 5.74) is -0.191. The molecule has 104 valence electrons. The van der Waals surface area contributed by atoms with Gasteiger partial charge in [-0.25, -0.2) is 0 Å². The van der Waals surface area contributed by atoms with Crippen molar-refractivity contribution in [1.82, 2.24) is 4.90 Å². The number of likely N-dealkylation sites (tertiary alicyclic amines) is 1. The number of aliphatic carboxylic acids is 1. The molecule has 1 aromatic rings. The van der Waals surface area contributed by atoms with Crippen molar-refractivity contribution < 1.29 is 19.1 Å². The average molecular weight is 330 g/mol. The molecule has 0 radical (unpaired) electrons. The smallest absolute Gasteiger partial charge is 0.309 e. The number of piperidine rings is 1. The molecule has 1 aromatic heterocycles. The third-order valence-corrected chi connectivity index (χ3v) is 4.60. The Morgan fingerprint density at radius 3 is 2.53 bits per heavy atom. The lowest BCUT2D eigenvalue weighted by Gasteiger charge is -2.38. The number of carboxylic acid groups (broad SMARTS) is 1. The van der Waals surface area contributed by atoms with Gasteiger partial charge in [0.15, 0.2) is 4.67 Å². The highest BCUT2D eigenvalue weighted by Gasteiger charge is 2.41. The van der Waals surface area contributed by atoms with Gasteiger partial charge >= 0.3 is 5.97 Å². The SMILES string of the molecule is CCC1(C(=O)O)CCN(C(=O)c2ccoc2Br)CC1. The van der Waals surface area contributed by atoms with Gasteiger partial charge in [0.25, 0.3) is 5.91 Å². The highest BCUT2D eigenvalue weighted by molar-refractivity contribution is 9.10. The predicted molar refractivity (Wildman–Crippen MR) is 71.9 cm³/mol. The Bertz CT molecular complexity index is 489. The molecule has 2 rings (SSSR count). The maximum Gasteiger partial charge on any atom is 0.309 e. The van der Waals surface area contributed by atoms with Crippen LogP contribution in [0.25, 0.3) is 0 Å². The molecule has 2 heterocycles. The van der Waals surface area contributed by atoms with Crippen LogP contribution < -0.4 is 0 Å². The lowest BCUT2D eigenvalue weighted by Crippen LogP contribution is -2.46. The maximum atomic E-state index is 12.2. The number of amides is 1. The van der Waals surface area contributed by atoms with Gasteiger partial charge in [-0.3, -0.25) is 9.59 Å². The Balaban J connectivity index is 2.06. The summed E-state index contributed by atoms with van der Waals surface area (Å²) in [7, 11) is 0. The zero-order chi connectivity index (χ0) is 14.0. The first-order valence-corrected chi connectivity index (χ1v) is 7.05. The quantitative estimate of drug-likeness (QED) is 0.925. The van der Waals surface area contributed by atoms with Crippen LogP contribution in [0.1, 0.15) is 36.5 Å². The molecule has 1 saturated heterocycles. The molecule has 0 bridgehead atoms. The largest absolute Gasteiger partial charge is 0.481 e. The number of rotatable bonds is 3. The Kier molecular flexibility index (Phi) is 3.99. The van der Waals surface area contributed by atoms with Crippen LogP contribution in [-0.4, -0.2) is 35.0 Å². The fraction of sp³-hybridized carbons (Fsp3) is 0.538. The van der Waals surface area contributed by atoms with Crippen molar-refractivity contribution in [2.24, 2.45) is 5.41 Å². The van der Waals surface area contributed by atoms with E-state index >= 15 is 0 Å². The molecule has 0 aliphatic carbocycles. The summed E-state index contributed by atoms with van der Waals surface area (Å²) < 4.78 is 5.47. The second-order valence-corrected chi connectivity index (χ2v) is 5.56. The maximum absolute atomic E-state index is 12.2. The summed E-state index contributed by atoms with van der Waals surface area (Å²) in [6.45, 7) is 2.82. The van der Waals surface area contributed by atoms with Crippen LogP contribution in [0.4, 0.5) is 0 Å². The van der Waals surface area contributed by atoms with E-state index in [-0.39, 0.29) is 5.91 Å². The van der Waals surface area contributed by atoms with E-state index in [9.17, 15) is 14.7 Å². The molecule has 0 saturated carbocycles. The van der Waals surface area contributed by atoms with E-state index in [1.807, 2.05) is 6.92 Å². The van der Waals surface area contributed by atoms with Crippen LogP contribution in [0, 0.1) is 5.41 Å². The van der Waals surface area contributed by atoms with Crippen molar-refractivity contribution in [3.8, 4) is 0 Å². The Morgan fingerprint density at radius 1 is 1.47 bits per heavy atom. The van der Waals surface area contributed by atoms with Crippen LogP contribution in [0.2, 0.25) is 0 Å². The zero-order valence-electron chi connectivity index (χ0n) is 10.7. The molecule has 1 N–H and O–H groups in total. The normalized spacial score (nSPS) is 18.3. The fourth-order valence-electron chi connectivity index (χ4n) is 2.47. The molecular weight excluding hydrogens is 314 g/mol. The number of hydrogen-bond donors (Lipinski definition) is 1. The number of carboxylic acids is 1. The Hall–Kier alpha value is -1.30. The summed E-state index contributed by atoms with van der Waals surface area (Å²) in [6, 6.07) is 1.62. The van der Waals surface area contributed by atoms with Gasteiger partial charge < -0.3 is 14.4 Å². The molecule has 1 aliphatic rings. The topological polar surface area (TPSA) is 70.8 Å². The standard InChI is InChI=1S/C13H16BrNO4/c1-2-13(12(17)18)4-6-15(7-5-13)11(16)9-3-8-19-10(9)14/h3,8H,2,4-7H2,1H3,(H,17,18). The molecule has 0 spiro atoms. The van der Waals surface area contributed by atoms with Crippen molar-refractivity contribution >= 4 is 27.8 Å². The number of halogens is 1. The molecule has 5 nitrogen and oxygen atoms in total. The minimum atomic E-state index is -0.758. The van der Waals surface area contributed by atoms with Crippen LogP contribution in [0.3, 0.4) is 0 Å². The fourth-order valence-corrected chi connectivity index (χ4v) is 2.88. The number of nitrogens with zero attached hydrogens (tertiary/aromatic N) is 1. The van der Waals surface area contributed by atoms with E-state index < -0.39 is 11.4 Å². The van der Waals surface area contributed by atoms with Gasteiger partial charge in [0.1, 0.15) is 0 Å². The molecule has 0 unspecified atom stereocenters. The molecular formula is C13H16BrNO4. The summed E-state index contributed by atoms with van der Waals surface area (Å²) in [5.74, 6) is -0.873. The number of carbonyl (C=O) groups is 2. The number of carbonyl (C=O) groups excluding carboxylic acids is 1. The van der Waals surface area contributed by atoms with Gasteiger partial charge in [0, 0.05) is 13.1 Å². The monoisotopic (exact) mass is 329 g/mol. The first-order chi connectivity index (χ1) is 9.00. The van der Waals surface area contributed by atoms with Crippen molar-refractivity contribution in [1.29, 1.82) is 0 Å². The van der Waals surface area contributed by atoms with E-state index in [1.54, 1.807) is 11.0 Å². The molecule has 1 amide bonds. The van der Waals surface area contributed by atoms with Crippen molar-refractivity contribution in [2.75, 3.05) is 13.1 Å². The molecule has 6 heteroatoms.